The molecule has 6 heteroatoms. The number of nitrogens with zero attached hydrogens (tertiary/aromatic N) is 3. The van der Waals surface area contributed by atoms with E-state index < -0.39 is 0 Å². The summed E-state index contributed by atoms with van der Waals surface area (Å²) in [6.07, 6.45) is 4.59. The van der Waals surface area contributed by atoms with Crippen LogP contribution in [0, 0.1) is 12.7 Å². The lowest BCUT2D eigenvalue weighted by Crippen LogP contribution is -2.23. The van der Waals surface area contributed by atoms with E-state index >= 15 is 0 Å². The molecule has 0 spiro atoms. The molecule has 1 heterocycles. The molecule has 0 saturated carbocycles. The lowest BCUT2D eigenvalue weighted by atomic mass is 10.2. The van der Waals surface area contributed by atoms with Gasteiger partial charge in [-0.05, 0) is 13.0 Å². The number of hydrazone groups is 1. The topological polar surface area (TPSA) is 59.3 Å². The molecule has 0 bridgehead atoms. The zero-order chi connectivity index (χ0) is 13.7. The number of hydrogen-bond acceptors (Lipinski definition) is 3. The van der Waals surface area contributed by atoms with E-state index in [4.69, 9.17) is 0 Å². The Kier molecular flexibility index (Phi) is 4.02. The van der Waals surface area contributed by atoms with Crippen LogP contribution in [0.4, 0.5) is 4.39 Å². The summed E-state index contributed by atoms with van der Waals surface area (Å²) >= 11 is 0. The summed E-state index contributed by atoms with van der Waals surface area (Å²) in [7, 11) is 0. The number of benzene rings is 1. The van der Waals surface area contributed by atoms with Crippen LogP contribution in [-0.4, -0.2) is 21.7 Å². The first-order valence-electron chi connectivity index (χ1n) is 5.71. The monoisotopic (exact) mass is 260 g/mol. The number of amides is 1. The molecule has 2 aromatic rings. The van der Waals surface area contributed by atoms with Crippen LogP contribution in [0.15, 0.2) is 41.8 Å². The molecule has 98 valence electrons. The highest BCUT2D eigenvalue weighted by Gasteiger charge is 2.03. The van der Waals surface area contributed by atoms with Crippen LogP contribution in [0.3, 0.4) is 0 Å². The minimum absolute atomic E-state index is 0.125. The molecule has 1 N–H and O–H groups in total. The summed E-state index contributed by atoms with van der Waals surface area (Å²) in [4.78, 5) is 15.6. The van der Waals surface area contributed by atoms with Crippen LogP contribution in [0.5, 0.6) is 0 Å². The standard InChI is InChI=1S/C13H13FN4O/c1-10-15-6-7-18(10)9-13(19)17-16-8-11-4-2-3-5-12(11)14/h2-8H,9H2,1H3,(H,17,19). The second-order valence-electron chi connectivity index (χ2n) is 3.92. The first-order valence-corrected chi connectivity index (χ1v) is 5.71. The number of carbonyl (C=O) groups is 1. The molecule has 0 saturated heterocycles. The number of nitrogens with one attached hydrogen (secondary N) is 1. The Morgan fingerprint density at radius 1 is 1.53 bits per heavy atom. The van der Waals surface area contributed by atoms with Crippen molar-refractivity contribution in [1.29, 1.82) is 0 Å². The number of imidazole rings is 1. The highest BCUT2D eigenvalue weighted by Crippen LogP contribution is 2.02. The third-order valence-corrected chi connectivity index (χ3v) is 2.54. The van der Waals surface area contributed by atoms with Gasteiger partial charge in [-0.2, -0.15) is 5.10 Å². The summed E-state index contributed by atoms with van der Waals surface area (Å²) < 4.78 is 14.9. The van der Waals surface area contributed by atoms with E-state index in [0.29, 0.717) is 5.56 Å². The van der Waals surface area contributed by atoms with E-state index in [1.165, 1.54) is 12.3 Å². The second kappa shape index (κ2) is 5.90. The van der Waals surface area contributed by atoms with Gasteiger partial charge in [-0.15, -0.1) is 0 Å². The molecule has 5 nitrogen and oxygen atoms in total. The van der Waals surface area contributed by atoms with Gasteiger partial charge in [0.15, 0.2) is 0 Å². The molecule has 19 heavy (non-hydrogen) atoms. The van der Waals surface area contributed by atoms with Crippen molar-refractivity contribution in [2.45, 2.75) is 13.5 Å². The van der Waals surface area contributed by atoms with Gasteiger partial charge in [0.25, 0.3) is 5.91 Å². The van der Waals surface area contributed by atoms with Crippen molar-refractivity contribution in [2.75, 3.05) is 0 Å². The fourth-order valence-corrected chi connectivity index (χ4v) is 1.51. The summed E-state index contributed by atoms with van der Waals surface area (Å²) in [6, 6.07) is 6.19. The molecular weight excluding hydrogens is 247 g/mol. The Morgan fingerprint density at radius 3 is 3.00 bits per heavy atom. The van der Waals surface area contributed by atoms with E-state index in [1.807, 2.05) is 0 Å². The molecule has 0 radical (unpaired) electrons. The molecule has 2 rings (SSSR count). The lowest BCUT2D eigenvalue weighted by molar-refractivity contribution is -0.121. The van der Waals surface area contributed by atoms with Gasteiger partial charge in [0.05, 0.1) is 6.21 Å². The van der Waals surface area contributed by atoms with Crippen molar-refractivity contribution >= 4 is 12.1 Å². The number of halogens is 1. The van der Waals surface area contributed by atoms with Crippen LogP contribution < -0.4 is 5.43 Å². The van der Waals surface area contributed by atoms with Crippen LogP contribution in [0.2, 0.25) is 0 Å². The Labute approximate surface area is 109 Å². The number of aromatic nitrogens is 2. The predicted molar refractivity (Wildman–Crippen MR) is 69.1 cm³/mol. The summed E-state index contributed by atoms with van der Waals surface area (Å²) in [5.41, 5.74) is 2.66. The third-order valence-electron chi connectivity index (χ3n) is 2.54. The van der Waals surface area contributed by atoms with Crippen molar-refractivity contribution in [3.05, 3.63) is 53.9 Å². The van der Waals surface area contributed by atoms with Crippen LogP contribution in [0.25, 0.3) is 0 Å². The average molecular weight is 260 g/mol. The second-order valence-corrected chi connectivity index (χ2v) is 3.92. The molecule has 0 aliphatic carbocycles. The van der Waals surface area contributed by atoms with Crippen molar-refractivity contribution in [2.24, 2.45) is 5.10 Å². The van der Waals surface area contributed by atoms with Crippen LogP contribution >= 0.6 is 0 Å². The van der Waals surface area contributed by atoms with Crippen molar-refractivity contribution < 1.29 is 9.18 Å². The number of carbonyl (C=O) groups excluding carboxylic acids is 1. The Balaban J connectivity index is 1.91. The molecule has 1 aromatic heterocycles. The van der Waals surface area contributed by atoms with Gasteiger partial charge < -0.3 is 4.57 Å². The molecule has 1 aromatic carbocycles. The third kappa shape index (κ3) is 3.48. The molecule has 0 aliphatic heterocycles. The van der Waals surface area contributed by atoms with Gasteiger partial charge in [0, 0.05) is 18.0 Å². The summed E-state index contributed by atoms with van der Waals surface area (Å²) in [5, 5.41) is 3.71. The predicted octanol–water partition coefficient (Wildman–Crippen LogP) is 1.48. The first kappa shape index (κ1) is 12.9. The summed E-state index contributed by atoms with van der Waals surface area (Å²) in [5.74, 6) is 0.0628. The fraction of sp³-hybridized carbons (Fsp3) is 0.154. The minimum atomic E-state index is -0.383. The van der Waals surface area contributed by atoms with E-state index in [1.54, 1.807) is 42.1 Å². The van der Waals surface area contributed by atoms with E-state index in [0.717, 1.165) is 5.82 Å². The molecule has 0 fully saturated rings. The van der Waals surface area contributed by atoms with E-state index in [-0.39, 0.29) is 18.3 Å². The van der Waals surface area contributed by atoms with Gasteiger partial charge in [0.1, 0.15) is 18.2 Å². The highest BCUT2D eigenvalue weighted by molar-refractivity contribution is 5.82. The molecule has 1 amide bonds. The van der Waals surface area contributed by atoms with Gasteiger partial charge >= 0.3 is 0 Å². The zero-order valence-electron chi connectivity index (χ0n) is 10.4. The van der Waals surface area contributed by atoms with Crippen LogP contribution in [-0.2, 0) is 11.3 Å². The maximum absolute atomic E-state index is 13.3. The molecular formula is C13H13FN4O. The van der Waals surface area contributed by atoms with Crippen molar-refractivity contribution in [3.8, 4) is 0 Å². The van der Waals surface area contributed by atoms with E-state index in [2.05, 4.69) is 15.5 Å². The largest absolute Gasteiger partial charge is 0.326 e. The Morgan fingerprint density at radius 2 is 2.32 bits per heavy atom. The number of hydrogen-bond donors (Lipinski definition) is 1. The first-order chi connectivity index (χ1) is 9.16. The highest BCUT2D eigenvalue weighted by atomic mass is 19.1. The molecule has 0 aliphatic rings. The van der Waals surface area contributed by atoms with E-state index in [9.17, 15) is 9.18 Å². The van der Waals surface area contributed by atoms with Gasteiger partial charge in [-0.25, -0.2) is 14.8 Å². The Hall–Kier alpha value is -2.50. The van der Waals surface area contributed by atoms with Crippen LogP contribution in [0.1, 0.15) is 11.4 Å². The maximum atomic E-state index is 13.3. The van der Waals surface area contributed by atoms with Gasteiger partial charge in [-0.1, -0.05) is 18.2 Å². The van der Waals surface area contributed by atoms with Crippen molar-refractivity contribution in [1.82, 2.24) is 15.0 Å². The lowest BCUT2D eigenvalue weighted by Gasteiger charge is -2.03. The average Bonchev–Trinajstić information content (AvgIpc) is 2.77. The fourth-order valence-electron chi connectivity index (χ4n) is 1.51. The van der Waals surface area contributed by atoms with Crippen molar-refractivity contribution in [3.63, 3.8) is 0 Å². The number of rotatable bonds is 4. The molecule has 0 unspecified atom stereocenters. The minimum Gasteiger partial charge on any atom is -0.326 e. The number of aryl methyl sites for hydroxylation is 1. The Bertz CT molecular complexity index is 606. The van der Waals surface area contributed by atoms with Gasteiger partial charge in [0.2, 0.25) is 0 Å². The molecule has 0 atom stereocenters. The smallest absolute Gasteiger partial charge is 0.260 e. The maximum Gasteiger partial charge on any atom is 0.260 e. The SMILES string of the molecule is Cc1nccn1CC(=O)NN=Cc1ccccc1F. The summed E-state index contributed by atoms with van der Waals surface area (Å²) in [6.45, 7) is 1.93. The normalized spacial score (nSPS) is 10.8. The zero-order valence-corrected chi connectivity index (χ0v) is 10.4. The quantitative estimate of drug-likeness (QED) is 0.668. The van der Waals surface area contributed by atoms with Gasteiger partial charge in [-0.3, -0.25) is 4.79 Å².